The largest absolute Gasteiger partial charge is 0.485 e. The fourth-order valence-corrected chi connectivity index (χ4v) is 4.18. The van der Waals surface area contributed by atoms with Crippen LogP contribution in [0.25, 0.3) is 0 Å². The van der Waals surface area contributed by atoms with E-state index >= 15 is 0 Å². The summed E-state index contributed by atoms with van der Waals surface area (Å²) in [4.78, 5) is 12.3. The van der Waals surface area contributed by atoms with Crippen LogP contribution in [0.2, 0.25) is 0 Å². The minimum absolute atomic E-state index is 0.0860. The van der Waals surface area contributed by atoms with Crippen molar-refractivity contribution in [3.63, 3.8) is 0 Å². The van der Waals surface area contributed by atoms with Gasteiger partial charge in [-0.25, -0.2) is 0 Å². The number of aromatic nitrogens is 3. The molecule has 0 unspecified atom stereocenters. The van der Waals surface area contributed by atoms with Crippen LogP contribution in [0.1, 0.15) is 43.6 Å². The van der Waals surface area contributed by atoms with Gasteiger partial charge in [0.1, 0.15) is 12.4 Å². The van der Waals surface area contributed by atoms with Crippen LogP contribution in [0.5, 0.6) is 5.75 Å². The monoisotopic (exact) mass is 502 g/mol. The number of ether oxygens (including phenoxy) is 1. The zero-order valence-corrected chi connectivity index (χ0v) is 20.6. The van der Waals surface area contributed by atoms with E-state index in [1.165, 1.54) is 17.3 Å². The van der Waals surface area contributed by atoms with Crippen molar-refractivity contribution in [2.75, 3.05) is 11.1 Å². The van der Waals surface area contributed by atoms with Gasteiger partial charge in [-0.05, 0) is 61.2 Å². The highest BCUT2D eigenvalue weighted by Gasteiger charge is 2.15. The van der Waals surface area contributed by atoms with Crippen LogP contribution < -0.4 is 10.1 Å². The summed E-state index contributed by atoms with van der Waals surface area (Å²) in [5.74, 6) is 2.16. The average molecular weight is 503 g/mol. The van der Waals surface area contributed by atoms with Crippen LogP contribution in [-0.2, 0) is 17.9 Å². The minimum Gasteiger partial charge on any atom is -0.485 e. The molecule has 0 saturated heterocycles. The van der Waals surface area contributed by atoms with Gasteiger partial charge in [0.15, 0.2) is 11.0 Å². The summed E-state index contributed by atoms with van der Waals surface area (Å²) in [5.41, 5.74) is 3.09. The number of halogens is 1. The van der Waals surface area contributed by atoms with E-state index < -0.39 is 0 Å². The number of aryl methyl sites for hydroxylation is 1. The normalized spacial score (nSPS) is 11.0. The molecule has 0 aliphatic carbocycles. The molecule has 0 fully saturated rings. The summed E-state index contributed by atoms with van der Waals surface area (Å²) in [5, 5.41) is 12.2. The molecule has 3 rings (SSSR count). The van der Waals surface area contributed by atoms with E-state index in [0.29, 0.717) is 24.2 Å². The van der Waals surface area contributed by atoms with Crippen molar-refractivity contribution < 1.29 is 9.53 Å². The molecule has 164 valence electrons. The van der Waals surface area contributed by atoms with Crippen LogP contribution in [0.3, 0.4) is 0 Å². The minimum atomic E-state index is -0.0860. The van der Waals surface area contributed by atoms with Gasteiger partial charge in [-0.2, -0.15) is 0 Å². The molecule has 6 nitrogen and oxygen atoms in total. The van der Waals surface area contributed by atoms with Gasteiger partial charge in [-0.15, -0.1) is 10.2 Å². The molecule has 0 aliphatic heterocycles. The number of nitrogens with zero attached hydrogens (tertiary/aromatic N) is 3. The number of carbonyl (C=O) groups is 1. The van der Waals surface area contributed by atoms with E-state index in [4.69, 9.17) is 4.74 Å². The molecule has 0 spiro atoms. The van der Waals surface area contributed by atoms with Crippen molar-refractivity contribution in [2.45, 2.75) is 51.9 Å². The molecule has 8 heteroatoms. The summed E-state index contributed by atoms with van der Waals surface area (Å²) in [6, 6.07) is 13.8. The molecule has 31 heavy (non-hydrogen) atoms. The molecular weight excluding hydrogens is 476 g/mol. The molecule has 3 aromatic rings. The van der Waals surface area contributed by atoms with Gasteiger partial charge < -0.3 is 14.6 Å². The van der Waals surface area contributed by atoms with Gasteiger partial charge >= 0.3 is 0 Å². The van der Waals surface area contributed by atoms with E-state index in [1.807, 2.05) is 35.8 Å². The van der Waals surface area contributed by atoms with Gasteiger partial charge in [0, 0.05) is 16.7 Å². The zero-order chi connectivity index (χ0) is 22.4. The van der Waals surface area contributed by atoms with Crippen LogP contribution in [0, 0.1) is 6.92 Å². The molecule has 0 radical (unpaired) electrons. The summed E-state index contributed by atoms with van der Waals surface area (Å²) >= 11 is 4.76. The maximum atomic E-state index is 12.3. The van der Waals surface area contributed by atoms with Gasteiger partial charge in [-0.3, -0.25) is 4.79 Å². The Kier molecular flexibility index (Phi) is 8.15. The lowest BCUT2D eigenvalue weighted by molar-refractivity contribution is -0.113. The molecule has 0 atom stereocenters. The predicted molar refractivity (Wildman–Crippen MR) is 129 cm³/mol. The third-order valence-electron chi connectivity index (χ3n) is 4.72. The lowest BCUT2D eigenvalue weighted by Crippen LogP contribution is -2.15. The number of thioether (sulfide) groups is 1. The number of benzene rings is 2. The van der Waals surface area contributed by atoms with Crippen molar-refractivity contribution >= 4 is 39.3 Å². The molecule has 1 heterocycles. The summed E-state index contributed by atoms with van der Waals surface area (Å²) < 4.78 is 9.08. The number of amides is 1. The lowest BCUT2D eigenvalue weighted by atomic mass is 10.0. The Balaban J connectivity index is 1.62. The number of hydrogen-bond donors (Lipinski definition) is 1. The highest BCUT2D eigenvalue weighted by atomic mass is 79.9. The summed E-state index contributed by atoms with van der Waals surface area (Å²) in [6.45, 7) is 9.42. The maximum Gasteiger partial charge on any atom is 0.234 e. The second-order valence-corrected chi connectivity index (χ2v) is 9.33. The Hall–Kier alpha value is -2.32. The molecule has 1 N–H and O–H groups in total. The van der Waals surface area contributed by atoms with Crippen molar-refractivity contribution in [1.82, 2.24) is 14.8 Å². The van der Waals surface area contributed by atoms with Crippen LogP contribution in [-0.4, -0.2) is 26.4 Å². The molecule has 1 aromatic heterocycles. The van der Waals surface area contributed by atoms with E-state index in [-0.39, 0.29) is 11.7 Å². The standard InChI is InChI=1S/C23H27BrN4O2S/c1-5-28-21(13-30-20-12-16(4)6-11-19(20)15(2)3)26-27-23(28)31-14-22(29)25-18-9-7-17(24)8-10-18/h6-12,15H,5,13-14H2,1-4H3,(H,25,29). The molecule has 1 amide bonds. The summed E-state index contributed by atoms with van der Waals surface area (Å²) in [6.07, 6.45) is 0. The SMILES string of the molecule is CCn1c(COc2cc(C)ccc2C(C)C)nnc1SCC(=O)Nc1ccc(Br)cc1. The van der Waals surface area contributed by atoms with E-state index in [1.54, 1.807) is 0 Å². The molecular formula is C23H27BrN4O2S. The van der Waals surface area contributed by atoms with Gasteiger partial charge in [0.2, 0.25) is 5.91 Å². The molecule has 0 aliphatic rings. The smallest absolute Gasteiger partial charge is 0.234 e. The molecule has 0 bridgehead atoms. The van der Waals surface area contributed by atoms with Crippen molar-refractivity contribution in [3.05, 3.63) is 63.9 Å². The van der Waals surface area contributed by atoms with Gasteiger partial charge in [0.25, 0.3) is 0 Å². The van der Waals surface area contributed by atoms with E-state index in [2.05, 4.69) is 70.4 Å². The number of carbonyl (C=O) groups excluding carboxylic acids is 1. The second-order valence-electron chi connectivity index (χ2n) is 7.47. The van der Waals surface area contributed by atoms with E-state index in [0.717, 1.165) is 27.3 Å². The maximum absolute atomic E-state index is 12.3. The Morgan fingerprint density at radius 2 is 1.94 bits per heavy atom. The number of hydrogen-bond acceptors (Lipinski definition) is 5. The first-order chi connectivity index (χ1) is 14.9. The van der Waals surface area contributed by atoms with Gasteiger partial charge in [-0.1, -0.05) is 53.7 Å². The third kappa shape index (κ3) is 6.33. The third-order valence-corrected chi connectivity index (χ3v) is 6.21. The van der Waals surface area contributed by atoms with Crippen LogP contribution >= 0.6 is 27.7 Å². The number of nitrogens with one attached hydrogen (secondary N) is 1. The fourth-order valence-electron chi connectivity index (χ4n) is 3.10. The topological polar surface area (TPSA) is 69.0 Å². The first kappa shape index (κ1) is 23.3. The first-order valence-electron chi connectivity index (χ1n) is 10.2. The number of anilines is 1. The molecule has 0 saturated carbocycles. The zero-order valence-electron chi connectivity index (χ0n) is 18.2. The van der Waals surface area contributed by atoms with Crippen molar-refractivity contribution in [3.8, 4) is 5.75 Å². The highest BCUT2D eigenvalue weighted by molar-refractivity contribution is 9.10. The quantitative estimate of drug-likeness (QED) is 0.374. The number of rotatable bonds is 9. The van der Waals surface area contributed by atoms with Crippen LogP contribution in [0.15, 0.2) is 52.1 Å². The lowest BCUT2D eigenvalue weighted by Gasteiger charge is -2.15. The Morgan fingerprint density at radius 3 is 2.61 bits per heavy atom. The average Bonchev–Trinajstić information content (AvgIpc) is 3.14. The Morgan fingerprint density at radius 1 is 1.19 bits per heavy atom. The van der Waals surface area contributed by atoms with Crippen LogP contribution in [0.4, 0.5) is 5.69 Å². The van der Waals surface area contributed by atoms with Crippen molar-refractivity contribution in [2.24, 2.45) is 0 Å². The first-order valence-corrected chi connectivity index (χ1v) is 12.0. The fraction of sp³-hybridized carbons (Fsp3) is 0.348. The summed E-state index contributed by atoms with van der Waals surface area (Å²) in [7, 11) is 0. The van der Waals surface area contributed by atoms with Gasteiger partial charge in [0.05, 0.1) is 5.75 Å². The van der Waals surface area contributed by atoms with Crippen molar-refractivity contribution in [1.29, 1.82) is 0 Å². The predicted octanol–water partition coefficient (Wildman–Crippen LogP) is 5.80. The Bertz CT molecular complexity index is 1030. The Labute approximate surface area is 195 Å². The van der Waals surface area contributed by atoms with E-state index in [9.17, 15) is 4.79 Å². The highest BCUT2D eigenvalue weighted by Crippen LogP contribution is 2.28. The second kappa shape index (κ2) is 10.8. The molecule has 2 aromatic carbocycles.